The molecule has 0 spiro atoms. The number of rotatable bonds is 4. The van der Waals surface area contributed by atoms with Crippen LogP contribution in [0.1, 0.15) is 63.5 Å². The van der Waals surface area contributed by atoms with Crippen molar-refractivity contribution in [2.24, 2.45) is 11.7 Å². The van der Waals surface area contributed by atoms with Crippen molar-refractivity contribution in [2.45, 2.75) is 57.9 Å². The van der Waals surface area contributed by atoms with Crippen LogP contribution in [0.3, 0.4) is 0 Å². The van der Waals surface area contributed by atoms with E-state index in [1.54, 1.807) is 0 Å². The largest absolute Gasteiger partial charge is 0.493 e. The quantitative estimate of drug-likeness (QED) is 0.817. The van der Waals surface area contributed by atoms with Crippen LogP contribution in [0.2, 0.25) is 0 Å². The normalized spacial score (nSPS) is 19.1. The molecule has 0 amide bonds. The summed E-state index contributed by atoms with van der Waals surface area (Å²) in [4.78, 5) is 0. The molecule has 1 saturated carbocycles. The van der Waals surface area contributed by atoms with Gasteiger partial charge < -0.3 is 10.5 Å². The Morgan fingerprint density at radius 1 is 1.20 bits per heavy atom. The lowest BCUT2D eigenvalue weighted by atomic mass is 9.83. The summed E-state index contributed by atoms with van der Waals surface area (Å²) in [7, 11) is 0. The number of nitrogens with two attached hydrogens (primary N) is 1. The lowest BCUT2D eigenvalue weighted by Gasteiger charge is -2.26. The second kappa shape index (κ2) is 8.04. The van der Waals surface area contributed by atoms with Gasteiger partial charge in [0.1, 0.15) is 5.75 Å². The number of hydrogen-bond donors (Lipinski definition) is 1. The Balaban J connectivity index is 2.06. The van der Waals surface area contributed by atoms with Crippen LogP contribution in [0.15, 0.2) is 22.7 Å². The van der Waals surface area contributed by atoms with Crippen LogP contribution >= 0.6 is 15.9 Å². The molecule has 1 atom stereocenters. The van der Waals surface area contributed by atoms with E-state index in [1.165, 1.54) is 50.5 Å². The zero-order valence-corrected chi connectivity index (χ0v) is 14.0. The van der Waals surface area contributed by atoms with E-state index in [0.717, 1.165) is 10.2 Å². The monoisotopic (exact) mass is 339 g/mol. The SMILES string of the molecule is CCOc1ccc(C(N)C2CCCCCCC2)cc1Br. The maximum atomic E-state index is 6.52. The van der Waals surface area contributed by atoms with Gasteiger partial charge in [-0.2, -0.15) is 0 Å². The fourth-order valence-corrected chi connectivity index (χ4v) is 3.63. The minimum Gasteiger partial charge on any atom is -0.493 e. The zero-order valence-electron chi connectivity index (χ0n) is 12.4. The van der Waals surface area contributed by atoms with Crippen molar-refractivity contribution in [3.63, 3.8) is 0 Å². The van der Waals surface area contributed by atoms with E-state index in [0.29, 0.717) is 12.5 Å². The van der Waals surface area contributed by atoms with Gasteiger partial charge >= 0.3 is 0 Å². The van der Waals surface area contributed by atoms with E-state index in [2.05, 4.69) is 28.1 Å². The Hall–Kier alpha value is -0.540. The molecule has 1 aliphatic carbocycles. The highest BCUT2D eigenvalue weighted by Crippen LogP contribution is 2.34. The van der Waals surface area contributed by atoms with E-state index in [4.69, 9.17) is 10.5 Å². The topological polar surface area (TPSA) is 35.2 Å². The van der Waals surface area contributed by atoms with Gasteiger partial charge in [0.05, 0.1) is 11.1 Å². The number of ether oxygens (including phenoxy) is 1. The van der Waals surface area contributed by atoms with Gasteiger partial charge in [-0.15, -0.1) is 0 Å². The molecule has 1 aromatic carbocycles. The molecule has 2 N–H and O–H groups in total. The summed E-state index contributed by atoms with van der Waals surface area (Å²) in [6.45, 7) is 2.69. The lowest BCUT2D eigenvalue weighted by molar-refractivity contribution is 0.325. The van der Waals surface area contributed by atoms with Crippen LogP contribution < -0.4 is 10.5 Å². The highest BCUT2D eigenvalue weighted by atomic mass is 79.9. The zero-order chi connectivity index (χ0) is 14.4. The van der Waals surface area contributed by atoms with Gasteiger partial charge in [-0.1, -0.05) is 38.2 Å². The molecule has 20 heavy (non-hydrogen) atoms. The van der Waals surface area contributed by atoms with E-state index >= 15 is 0 Å². The van der Waals surface area contributed by atoms with Crippen LogP contribution in [0.4, 0.5) is 0 Å². The first-order valence-electron chi connectivity index (χ1n) is 7.90. The van der Waals surface area contributed by atoms with Crippen LogP contribution in [0.5, 0.6) is 5.75 Å². The lowest BCUT2D eigenvalue weighted by Crippen LogP contribution is -2.22. The molecule has 3 heteroatoms. The van der Waals surface area contributed by atoms with Crippen molar-refractivity contribution in [3.8, 4) is 5.75 Å². The molecule has 1 unspecified atom stereocenters. The summed E-state index contributed by atoms with van der Waals surface area (Å²) in [6, 6.07) is 6.44. The Labute approximate surface area is 131 Å². The van der Waals surface area contributed by atoms with Gasteiger partial charge in [-0.25, -0.2) is 0 Å². The molecular formula is C17H26BrNO. The van der Waals surface area contributed by atoms with Crippen molar-refractivity contribution in [3.05, 3.63) is 28.2 Å². The third-order valence-electron chi connectivity index (χ3n) is 4.30. The fourth-order valence-electron chi connectivity index (χ4n) is 3.12. The van der Waals surface area contributed by atoms with Crippen LogP contribution in [-0.2, 0) is 0 Å². The number of benzene rings is 1. The van der Waals surface area contributed by atoms with Crippen LogP contribution in [0, 0.1) is 5.92 Å². The minimum atomic E-state index is 0.153. The van der Waals surface area contributed by atoms with Gasteiger partial charge in [0.15, 0.2) is 0 Å². The summed E-state index contributed by atoms with van der Waals surface area (Å²) < 4.78 is 6.58. The van der Waals surface area contributed by atoms with Crippen molar-refractivity contribution in [1.82, 2.24) is 0 Å². The first-order chi connectivity index (χ1) is 9.72. The Morgan fingerprint density at radius 3 is 2.45 bits per heavy atom. The summed E-state index contributed by atoms with van der Waals surface area (Å²) in [5, 5.41) is 0. The summed E-state index contributed by atoms with van der Waals surface area (Å²) in [5.41, 5.74) is 7.75. The molecule has 2 nitrogen and oxygen atoms in total. The third-order valence-corrected chi connectivity index (χ3v) is 4.92. The Bertz CT molecular complexity index is 413. The highest BCUT2D eigenvalue weighted by molar-refractivity contribution is 9.10. The second-order valence-electron chi connectivity index (χ2n) is 5.75. The van der Waals surface area contributed by atoms with Crippen LogP contribution in [-0.4, -0.2) is 6.61 Å². The minimum absolute atomic E-state index is 0.153. The number of halogens is 1. The maximum Gasteiger partial charge on any atom is 0.133 e. The summed E-state index contributed by atoms with van der Waals surface area (Å²) >= 11 is 3.59. The van der Waals surface area contributed by atoms with Crippen molar-refractivity contribution >= 4 is 15.9 Å². The van der Waals surface area contributed by atoms with Crippen molar-refractivity contribution < 1.29 is 4.74 Å². The predicted octanol–water partition coefficient (Wildman–Crippen LogP) is 5.21. The molecule has 1 aromatic rings. The molecule has 0 radical (unpaired) electrons. The molecule has 112 valence electrons. The average molecular weight is 340 g/mol. The molecule has 2 rings (SSSR count). The fraction of sp³-hybridized carbons (Fsp3) is 0.647. The molecule has 0 aliphatic heterocycles. The van der Waals surface area contributed by atoms with Gasteiger partial charge in [0.25, 0.3) is 0 Å². The van der Waals surface area contributed by atoms with Gasteiger partial charge in [-0.05, 0) is 59.3 Å². The maximum absolute atomic E-state index is 6.52. The Kier molecular flexibility index (Phi) is 6.37. The van der Waals surface area contributed by atoms with Gasteiger partial charge in [0, 0.05) is 6.04 Å². The van der Waals surface area contributed by atoms with Crippen molar-refractivity contribution in [2.75, 3.05) is 6.61 Å². The standard InChI is InChI=1S/C17H26BrNO/c1-2-20-16-11-10-14(12-15(16)18)17(19)13-8-6-4-3-5-7-9-13/h10-13,17H,2-9,19H2,1H3. The van der Waals surface area contributed by atoms with E-state index in [1.807, 2.05) is 13.0 Å². The summed E-state index contributed by atoms with van der Waals surface area (Å²) in [5.74, 6) is 1.53. The Morgan fingerprint density at radius 2 is 1.85 bits per heavy atom. The highest BCUT2D eigenvalue weighted by Gasteiger charge is 2.21. The molecule has 0 heterocycles. The second-order valence-corrected chi connectivity index (χ2v) is 6.61. The third kappa shape index (κ3) is 4.23. The molecule has 1 fully saturated rings. The molecule has 1 aliphatic rings. The summed E-state index contributed by atoms with van der Waals surface area (Å²) in [6.07, 6.45) is 9.34. The molecule has 0 saturated heterocycles. The smallest absolute Gasteiger partial charge is 0.133 e. The van der Waals surface area contributed by atoms with Gasteiger partial charge in [0.2, 0.25) is 0 Å². The predicted molar refractivity (Wildman–Crippen MR) is 88.0 cm³/mol. The molecular weight excluding hydrogens is 314 g/mol. The molecule has 0 aromatic heterocycles. The average Bonchev–Trinajstić information content (AvgIpc) is 2.40. The molecule has 0 bridgehead atoms. The van der Waals surface area contributed by atoms with Gasteiger partial charge in [-0.3, -0.25) is 0 Å². The van der Waals surface area contributed by atoms with Crippen LogP contribution in [0.25, 0.3) is 0 Å². The van der Waals surface area contributed by atoms with E-state index < -0.39 is 0 Å². The van der Waals surface area contributed by atoms with Crippen molar-refractivity contribution in [1.29, 1.82) is 0 Å². The number of hydrogen-bond acceptors (Lipinski definition) is 2. The first-order valence-corrected chi connectivity index (χ1v) is 8.69. The van der Waals surface area contributed by atoms with E-state index in [-0.39, 0.29) is 6.04 Å². The van der Waals surface area contributed by atoms with E-state index in [9.17, 15) is 0 Å². The first kappa shape index (κ1) is 15.8.